The largest absolute Gasteiger partial charge is 0.573 e. The van der Waals surface area contributed by atoms with Crippen molar-refractivity contribution in [2.24, 2.45) is 0 Å². The maximum absolute atomic E-state index is 13.8. The van der Waals surface area contributed by atoms with E-state index in [2.05, 4.69) is 10.1 Å². The summed E-state index contributed by atoms with van der Waals surface area (Å²) >= 11 is 0. The molecule has 1 heterocycles. The van der Waals surface area contributed by atoms with E-state index in [9.17, 15) is 35.2 Å². The highest BCUT2D eigenvalue weighted by Gasteiger charge is 2.38. The molecule has 0 radical (unpaired) electrons. The predicted molar refractivity (Wildman–Crippen MR) is 131 cm³/mol. The van der Waals surface area contributed by atoms with Gasteiger partial charge in [0.25, 0.3) is 11.8 Å². The first-order chi connectivity index (χ1) is 17.7. The summed E-state index contributed by atoms with van der Waals surface area (Å²) in [6, 6.07) is 15.3. The van der Waals surface area contributed by atoms with E-state index in [0.29, 0.717) is 16.8 Å². The molecule has 6 nitrogen and oxygen atoms in total. The molecule has 0 spiro atoms. The lowest BCUT2D eigenvalue weighted by Gasteiger charge is -2.21. The van der Waals surface area contributed by atoms with Gasteiger partial charge in [-0.25, -0.2) is 17.2 Å². The number of nitrogens with one attached hydrogen (secondary N) is 1. The van der Waals surface area contributed by atoms with Crippen LogP contribution in [0.15, 0.2) is 71.6 Å². The second-order valence-corrected chi connectivity index (χ2v) is 11.0. The Kier molecular flexibility index (Phi) is 7.48. The molecule has 1 aliphatic rings. The molecule has 0 aromatic heterocycles. The van der Waals surface area contributed by atoms with Gasteiger partial charge in [-0.05, 0) is 53.6 Å². The third kappa shape index (κ3) is 6.87. The average molecular weight is 555 g/mol. The van der Waals surface area contributed by atoms with Crippen LogP contribution in [0, 0.1) is 0 Å². The molecule has 3 aromatic carbocycles. The van der Waals surface area contributed by atoms with Gasteiger partial charge in [0.2, 0.25) is 0 Å². The number of sulfone groups is 1. The Labute approximate surface area is 215 Å². The molecular formula is C26H23F5N2O4S. The van der Waals surface area contributed by atoms with E-state index >= 15 is 0 Å². The van der Waals surface area contributed by atoms with Crippen LogP contribution in [0.3, 0.4) is 0 Å². The Morgan fingerprint density at radius 3 is 2.32 bits per heavy atom. The van der Waals surface area contributed by atoms with Crippen molar-refractivity contribution in [3.63, 3.8) is 0 Å². The summed E-state index contributed by atoms with van der Waals surface area (Å²) in [4.78, 5) is 14.5. The predicted octanol–water partition coefficient (Wildman–Crippen LogP) is 5.75. The maximum atomic E-state index is 13.8. The van der Waals surface area contributed by atoms with E-state index in [1.807, 2.05) is 0 Å². The lowest BCUT2D eigenvalue weighted by Crippen LogP contribution is -2.25. The topological polar surface area (TPSA) is 75.7 Å². The molecule has 0 bridgehead atoms. The minimum absolute atomic E-state index is 0.0323. The van der Waals surface area contributed by atoms with Crippen LogP contribution in [-0.2, 0) is 16.4 Å². The summed E-state index contributed by atoms with van der Waals surface area (Å²) in [6.45, 7) is -0.470. The zero-order valence-corrected chi connectivity index (χ0v) is 20.9. The Bertz CT molecular complexity index is 1440. The monoisotopic (exact) mass is 554 g/mol. The van der Waals surface area contributed by atoms with Gasteiger partial charge >= 0.3 is 6.36 Å². The van der Waals surface area contributed by atoms with Crippen molar-refractivity contribution in [1.82, 2.24) is 4.90 Å². The third-order valence-corrected chi connectivity index (χ3v) is 7.08. The van der Waals surface area contributed by atoms with Crippen molar-refractivity contribution in [2.75, 3.05) is 24.7 Å². The van der Waals surface area contributed by atoms with Gasteiger partial charge in [0.1, 0.15) is 5.75 Å². The van der Waals surface area contributed by atoms with E-state index in [1.54, 1.807) is 0 Å². The molecule has 1 fully saturated rings. The van der Waals surface area contributed by atoms with Gasteiger partial charge in [0.15, 0.2) is 9.84 Å². The van der Waals surface area contributed by atoms with Crippen LogP contribution in [0.1, 0.15) is 22.3 Å². The molecule has 0 saturated carbocycles. The number of anilines is 1. The summed E-state index contributed by atoms with van der Waals surface area (Å²) < 4.78 is 94.2. The van der Waals surface area contributed by atoms with Crippen LogP contribution >= 0.6 is 0 Å². The maximum Gasteiger partial charge on any atom is 0.573 e. The van der Waals surface area contributed by atoms with E-state index in [4.69, 9.17) is 0 Å². The van der Waals surface area contributed by atoms with E-state index in [0.717, 1.165) is 12.3 Å². The van der Waals surface area contributed by atoms with Gasteiger partial charge in [0, 0.05) is 42.6 Å². The number of rotatable bonds is 7. The third-order valence-electron chi connectivity index (χ3n) is 5.95. The Hall–Kier alpha value is -3.51. The number of amides is 1. The van der Waals surface area contributed by atoms with E-state index < -0.39 is 40.3 Å². The van der Waals surface area contributed by atoms with Gasteiger partial charge in [-0.2, -0.15) is 0 Å². The van der Waals surface area contributed by atoms with Crippen LogP contribution in [0.4, 0.5) is 27.6 Å². The van der Waals surface area contributed by atoms with Crippen molar-refractivity contribution in [3.05, 3.63) is 77.9 Å². The number of carbonyl (C=O) groups excluding carboxylic acids is 1. The summed E-state index contributed by atoms with van der Waals surface area (Å²) in [5, 5.41) is 2.63. The van der Waals surface area contributed by atoms with Crippen LogP contribution in [0.25, 0.3) is 11.1 Å². The number of hydrogen-bond donors (Lipinski definition) is 1. The fraction of sp³-hybridized carbons (Fsp3) is 0.269. The summed E-state index contributed by atoms with van der Waals surface area (Å²) in [7, 11) is -3.42. The Balaban J connectivity index is 1.68. The lowest BCUT2D eigenvalue weighted by molar-refractivity contribution is -0.274. The highest BCUT2D eigenvalue weighted by molar-refractivity contribution is 7.90. The number of hydrogen-bond acceptors (Lipinski definition) is 5. The standard InChI is InChI=1S/C26H23F5N2O4S/c1-38(35,36)20-9-7-19(8-10-20)32-24(34)17-6-11-21(18(14-17)15-33-13-12-25(27,28)16-33)22-4-2-3-5-23(22)37-26(29,30)31/h2-11,14H,12-13,15-16H2,1H3,(H,32,34). The molecule has 202 valence electrons. The van der Waals surface area contributed by atoms with Crippen molar-refractivity contribution in [3.8, 4) is 16.9 Å². The highest BCUT2D eigenvalue weighted by Crippen LogP contribution is 2.37. The quantitative estimate of drug-likeness (QED) is 0.377. The molecule has 38 heavy (non-hydrogen) atoms. The molecule has 1 amide bonds. The minimum atomic E-state index is -4.94. The molecule has 3 aromatic rings. The van der Waals surface area contributed by atoms with E-state index in [1.165, 1.54) is 65.6 Å². The van der Waals surface area contributed by atoms with Gasteiger partial charge < -0.3 is 10.1 Å². The Morgan fingerprint density at radius 2 is 1.71 bits per heavy atom. The zero-order valence-electron chi connectivity index (χ0n) is 20.1. The number of benzene rings is 3. The second kappa shape index (κ2) is 10.3. The molecule has 0 atom stereocenters. The van der Waals surface area contributed by atoms with Crippen molar-refractivity contribution in [2.45, 2.75) is 30.1 Å². The summed E-state index contributed by atoms with van der Waals surface area (Å²) in [5.41, 5.74) is 1.21. The molecule has 0 unspecified atom stereocenters. The number of nitrogens with zero attached hydrogens (tertiary/aromatic N) is 1. The summed E-state index contributed by atoms with van der Waals surface area (Å²) in [6.07, 6.45) is -4.24. The fourth-order valence-electron chi connectivity index (χ4n) is 4.20. The summed E-state index contributed by atoms with van der Waals surface area (Å²) in [5.74, 6) is -3.92. The number of likely N-dealkylation sites (tertiary alicyclic amines) is 1. The normalized spacial score (nSPS) is 15.8. The molecule has 1 N–H and O–H groups in total. The van der Waals surface area contributed by atoms with Crippen LogP contribution in [0.2, 0.25) is 0 Å². The molecule has 4 rings (SSSR count). The zero-order chi connectivity index (χ0) is 27.7. The van der Waals surface area contributed by atoms with Crippen molar-refractivity contribution < 1.29 is 39.9 Å². The molecule has 12 heteroatoms. The van der Waals surface area contributed by atoms with Crippen molar-refractivity contribution >= 4 is 21.4 Å². The number of ether oxygens (including phenoxy) is 1. The number of para-hydroxylation sites is 1. The highest BCUT2D eigenvalue weighted by atomic mass is 32.2. The van der Waals surface area contributed by atoms with Gasteiger partial charge in [-0.1, -0.05) is 24.3 Å². The smallest absolute Gasteiger partial charge is 0.405 e. The Morgan fingerprint density at radius 1 is 1.03 bits per heavy atom. The van der Waals surface area contributed by atoms with Crippen molar-refractivity contribution in [1.29, 1.82) is 0 Å². The first kappa shape index (κ1) is 27.5. The number of alkyl halides is 5. The molecular weight excluding hydrogens is 531 g/mol. The SMILES string of the molecule is CS(=O)(=O)c1ccc(NC(=O)c2ccc(-c3ccccc3OC(F)(F)F)c(CN3CCC(F)(F)C3)c2)cc1. The molecule has 0 aliphatic carbocycles. The van der Waals surface area contributed by atoms with Gasteiger partial charge in [-0.15, -0.1) is 13.2 Å². The fourth-order valence-corrected chi connectivity index (χ4v) is 4.83. The van der Waals surface area contributed by atoms with Gasteiger partial charge in [-0.3, -0.25) is 9.69 Å². The first-order valence-corrected chi connectivity index (χ1v) is 13.3. The average Bonchev–Trinajstić information content (AvgIpc) is 3.16. The van der Waals surface area contributed by atoms with Gasteiger partial charge in [0.05, 0.1) is 11.4 Å². The second-order valence-electron chi connectivity index (χ2n) is 8.98. The lowest BCUT2D eigenvalue weighted by atomic mass is 9.96. The van der Waals surface area contributed by atoms with E-state index in [-0.39, 0.29) is 35.5 Å². The molecule has 1 saturated heterocycles. The first-order valence-electron chi connectivity index (χ1n) is 11.4. The number of halogens is 5. The van der Waals surface area contributed by atoms with Crippen LogP contribution < -0.4 is 10.1 Å². The van der Waals surface area contributed by atoms with Crippen LogP contribution in [0.5, 0.6) is 5.75 Å². The van der Waals surface area contributed by atoms with Crippen LogP contribution in [-0.4, -0.2) is 50.9 Å². The number of carbonyl (C=O) groups is 1. The molecule has 1 aliphatic heterocycles. The minimum Gasteiger partial charge on any atom is -0.405 e.